The summed E-state index contributed by atoms with van der Waals surface area (Å²) in [5.41, 5.74) is 2.51. The maximum atomic E-state index is 12.3. The summed E-state index contributed by atoms with van der Waals surface area (Å²) in [6, 6.07) is 7.62. The average molecular weight is 367 g/mol. The largest absolute Gasteiger partial charge is 0.488 e. The number of hydrogen-bond donors (Lipinski definition) is 1. The highest BCUT2D eigenvalue weighted by atomic mass is 16.5. The molecule has 0 radical (unpaired) electrons. The highest BCUT2D eigenvalue weighted by Gasteiger charge is 2.32. The monoisotopic (exact) mass is 367 g/mol. The summed E-state index contributed by atoms with van der Waals surface area (Å²) in [5.74, 6) is 1.28. The van der Waals surface area contributed by atoms with Crippen molar-refractivity contribution in [2.75, 3.05) is 13.2 Å². The van der Waals surface area contributed by atoms with Gasteiger partial charge in [-0.05, 0) is 32.9 Å². The molecule has 7 heteroatoms. The molecule has 3 aromatic rings. The second kappa shape index (κ2) is 6.57. The Morgan fingerprint density at radius 2 is 2.22 bits per heavy atom. The minimum Gasteiger partial charge on any atom is -0.488 e. The second-order valence-corrected chi connectivity index (χ2v) is 7.23. The molecule has 0 fully saturated rings. The number of aryl methyl sites for hydroxylation is 1. The first-order valence-corrected chi connectivity index (χ1v) is 8.87. The predicted molar refractivity (Wildman–Crippen MR) is 99.2 cm³/mol. The first kappa shape index (κ1) is 17.3. The van der Waals surface area contributed by atoms with E-state index in [9.17, 15) is 4.79 Å². The fourth-order valence-corrected chi connectivity index (χ4v) is 3.20. The molecular formula is C20H21N3O4. The molecular weight excluding hydrogens is 346 g/mol. The molecule has 0 atom stereocenters. The van der Waals surface area contributed by atoms with Gasteiger partial charge in [-0.15, -0.1) is 0 Å². The van der Waals surface area contributed by atoms with Crippen molar-refractivity contribution in [3.05, 3.63) is 47.3 Å². The molecule has 0 bridgehead atoms. The van der Waals surface area contributed by atoms with Gasteiger partial charge in [0.15, 0.2) is 11.5 Å². The Morgan fingerprint density at radius 3 is 3.07 bits per heavy atom. The fraction of sp³-hybridized carbons (Fsp3) is 0.350. The summed E-state index contributed by atoms with van der Waals surface area (Å²) in [6.07, 6.45) is 2.33. The Kier molecular flexibility index (Phi) is 4.22. The van der Waals surface area contributed by atoms with Gasteiger partial charge in [0.1, 0.15) is 12.2 Å². The van der Waals surface area contributed by atoms with Crippen LogP contribution in [0.4, 0.5) is 0 Å². The third-order valence-electron chi connectivity index (χ3n) is 4.47. The van der Waals surface area contributed by atoms with Crippen molar-refractivity contribution in [3.63, 3.8) is 0 Å². The van der Waals surface area contributed by atoms with E-state index < -0.39 is 0 Å². The van der Waals surface area contributed by atoms with Gasteiger partial charge in [-0.2, -0.15) is 0 Å². The Bertz CT molecular complexity index is 1010. The van der Waals surface area contributed by atoms with E-state index in [1.54, 1.807) is 6.07 Å². The first-order valence-electron chi connectivity index (χ1n) is 8.87. The summed E-state index contributed by atoms with van der Waals surface area (Å²) < 4.78 is 16.9. The minimum absolute atomic E-state index is 0.218. The zero-order chi connectivity index (χ0) is 19.0. The number of carbonyl (C=O) groups is 1. The van der Waals surface area contributed by atoms with Gasteiger partial charge in [-0.3, -0.25) is 4.79 Å². The van der Waals surface area contributed by atoms with E-state index in [1.807, 2.05) is 19.1 Å². The van der Waals surface area contributed by atoms with Crippen LogP contribution in [0.1, 0.15) is 35.5 Å². The number of amides is 1. The van der Waals surface area contributed by atoms with Crippen LogP contribution in [-0.4, -0.2) is 34.8 Å². The topological polar surface area (TPSA) is 86.5 Å². The second-order valence-electron chi connectivity index (χ2n) is 7.23. The Labute approximate surface area is 156 Å². The molecule has 0 spiro atoms. The predicted octanol–water partition coefficient (Wildman–Crippen LogP) is 3.05. The number of aromatic nitrogens is 2. The van der Waals surface area contributed by atoms with Crippen LogP contribution < -0.4 is 14.8 Å². The van der Waals surface area contributed by atoms with Gasteiger partial charge >= 0.3 is 0 Å². The number of fused-ring (bicyclic) bond motifs is 2. The molecule has 2 aromatic heterocycles. The summed E-state index contributed by atoms with van der Waals surface area (Å²) in [5, 5.41) is 7.41. The van der Waals surface area contributed by atoms with Crippen molar-refractivity contribution in [1.29, 1.82) is 0 Å². The van der Waals surface area contributed by atoms with Gasteiger partial charge in [-0.1, -0.05) is 17.3 Å². The average Bonchev–Trinajstić information content (AvgIpc) is 3.16. The lowest BCUT2D eigenvalue weighted by Crippen LogP contribution is -2.28. The molecule has 1 aliphatic rings. The van der Waals surface area contributed by atoms with Crippen molar-refractivity contribution >= 4 is 17.0 Å². The zero-order valence-corrected chi connectivity index (χ0v) is 15.5. The number of para-hydroxylation sites is 1. The van der Waals surface area contributed by atoms with Crippen LogP contribution in [0.3, 0.4) is 0 Å². The molecule has 1 aliphatic heterocycles. The fourth-order valence-electron chi connectivity index (χ4n) is 3.20. The molecule has 0 saturated heterocycles. The van der Waals surface area contributed by atoms with E-state index in [0.29, 0.717) is 35.9 Å². The number of nitrogens with one attached hydrogen (secondary N) is 1. The van der Waals surface area contributed by atoms with Crippen molar-refractivity contribution in [3.8, 4) is 11.5 Å². The van der Waals surface area contributed by atoms with Crippen LogP contribution in [0.25, 0.3) is 11.1 Å². The Morgan fingerprint density at radius 1 is 1.37 bits per heavy atom. The number of rotatable bonds is 5. The van der Waals surface area contributed by atoms with E-state index in [0.717, 1.165) is 23.1 Å². The van der Waals surface area contributed by atoms with E-state index in [2.05, 4.69) is 35.4 Å². The molecule has 140 valence electrons. The summed E-state index contributed by atoms with van der Waals surface area (Å²) in [6.45, 7) is 6.63. The molecule has 4 rings (SSSR count). The smallest absolute Gasteiger partial charge is 0.257 e. The molecule has 1 aromatic carbocycles. The van der Waals surface area contributed by atoms with E-state index in [-0.39, 0.29) is 11.5 Å². The number of pyridine rings is 1. The summed E-state index contributed by atoms with van der Waals surface area (Å²) >= 11 is 0. The van der Waals surface area contributed by atoms with Gasteiger partial charge in [0.25, 0.3) is 11.6 Å². The Hall–Kier alpha value is -3.09. The van der Waals surface area contributed by atoms with E-state index in [4.69, 9.17) is 14.0 Å². The molecule has 0 unspecified atom stereocenters. The summed E-state index contributed by atoms with van der Waals surface area (Å²) in [7, 11) is 0. The van der Waals surface area contributed by atoms with Gasteiger partial charge in [-0.25, -0.2) is 4.98 Å². The number of carbonyl (C=O) groups excluding carboxylic acids is 1. The molecule has 1 amide bonds. The maximum absolute atomic E-state index is 12.3. The number of nitrogens with zero attached hydrogens (tertiary/aromatic N) is 2. The van der Waals surface area contributed by atoms with Crippen LogP contribution in [0.5, 0.6) is 11.5 Å². The minimum atomic E-state index is -0.221. The number of ether oxygens (including phenoxy) is 2. The lowest BCUT2D eigenvalue weighted by molar-refractivity contribution is 0.0946. The molecule has 3 heterocycles. The highest BCUT2D eigenvalue weighted by Crippen LogP contribution is 2.41. The van der Waals surface area contributed by atoms with Crippen LogP contribution in [-0.2, 0) is 6.42 Å². The van der Waals surface area contributed by atoms with Crippen molar-refractivity contribution < 1.29 is 18.8 Å². The van der Waals surface area contributed by atoms with Gasteiger partial charge in [0.05, 0.1) is 23.2 Å². The van der Waals surface area contributed by atoms with Crippen LogP contribution in [0.2, 0.25) is 0 Å². The van der Waals surface area contributed by atoms with Gasteiger partial charge < -0.3 is 19.3 Å². The van der Waals surface area contributed by atoms with Crippen LogP contribution in [0.15, 0.2) is 35.0 Å². The quantitative estimate of drug-likeness (QED) is 0.698. The number of hydrogen-bond acceptors (Lipinski definition) is 6. The molecule has 1 N–H and O–H groups in total. The van der Waals surface area contributed by atoms with Crippen LogP contribution >= 0.6 is 0 Å². The van der Waals surface area contributed by atoms with Gasteiger partial charge in [0.2, 0.25) is 0 Å². The molecule has 0 saturated carbocycles. The normalized spacial score (nSPS) is 14.6. The van der Waals surface area contributed by atoms with E-state index in [1.165, 1.54) is 6.20 Å². The Balaban J connectivity index is 1.35. The zero-order valence-electron chi connectivity index (χ0n) is 15.5. The van der Waals surface area contributed by atoms with Gasteiger partial charge in [0, 0.05) is 18.2 Å². The number of benzene rings is 1. The molecule has 27 heavy (non-hydrogen) atoms. The molecule has 7 nitrogen and oxygen atoms in total. The maximum Gasteiger partial charge on any atom is 0.257 e. The first-order chi connectivity index (χ1) is 12.9. The lowest BCUT2D eigenvalue weighted by Gasteiger charge is -2.18. The summed E-state index contributed by atoms with van der Waals surface area (Å²) in [4.78, 5) is 16.4. The van der Waals surface area contributed by atoms with Crippen molar-refractivity contribution in [1.82, 2.24) is 15.5 Å². The highest BCUT2D eigenvalue weighted by molar-refractivity contribution is 5.96. The third-order valence-corrected chi connectivity index (χ3v) is 4.47. The van der Waals surface area contributed by atoms with Crippen molar-refractivity contribution in [2.45, 2.75) is 32.8 Å². The standard InChI is InChI=1S/C20H21N3O4/c1-12-15-9-14(11-22-19(15)27-23-12)18(24)21-7-8-25-16-6-4-5-13-10-20(2,3)26-17(13)16/h4-6,9,11H,7-8,10H2,1-3H3,(H,21,24). The van der Waals surface area contributed by atoms with E-state index >= 15 is 0 Å². The van der Waals surface area contributed by atoms with Crippen LogP contribution in [0, 0.1) is 6.92 Å². The van der Waals surface area contributed by atoms with Crippen molar-refractivity contribution in [2.24, 2.45) is 0 Å². The SMILES string of the molecule is Cc1noc2ncc(C(=O)NCCOc3cccc4c3OC(C)(C)C4)cc12. The molecule has 0 aliphatic carbocycles. The third kappa shape index (κ3) is 3.45. The lowest BCUT2D eigenvalue weighted by atomic mass is 10.0.